The Labute approximate surface area is 111 Å². The van der Waals surface area contributed by atoms with Crippen molar-refractivity contribution in [3.05, 3.63) is 29.0 Å². The van der Waals surface area contributed by atoms with Crippen LogP contribution in [0.3, 0.4) is 0 Å². The molecule has 6 heteroatoms. The second-order valence-corrected chi connectivity index (χ2v) is 3.16. The minimum absolute atomic E-state index is 0. The summed E-state index contributed by atoms with van der Waals surface area (Å²) in [6.45, 7) is 1.95. The Morgan fingerprint density at radius 3 is 2.75 bits per heavy atom. The number of carbonyl (C=O) groups is 2. The topological polar surface area (TPSA) is 56.3 Å². The molecule has 0 aromatic carbocycles. The van der Waals surface area contributed by atoms with E-state index in [1.54, 1.807) is 6.92 Å². The van der Waals surface area contributed by atoms with Crippen LogP contribution < -0.4 is 0 Å². The van der Waals surface area contributed by atoms with Gasteiger partial charge in [0.05, 0.1) is 6.61 Å². The second-order valence-electron chi connectivity index (χ2n) is 2.77. The molecule has 0 saturated heterocycles. The van der Waals surface area contributed by atoms with Gasteiger partial charge in [-0.05, 0) is 19.1 Å². The molecule has 0 atom stereocenters. The van der Waals surface area contributed by atoms with Gasteiger partial charge in [0.2, 0.25) is 0 Å². The van der Waals surface area contributed by atoms with Crippen molar-refractivity contribution in [2.24, 2.45) is 0 Å². The fourth-order valence-electron chi connectivity index (χ4n) is 1.02. The summed E-state index contributed by atoms with van der Waals surface area (Å²) in [5.41, 5.74) is 0.364. The molecule has 4 nitrogen and oxygen atoms in total. The summed E-state index contributed by atoms with van der Waals surface area (Å²) in [5.74, 6) is -0.854. The molecule has 0 unspecified atom stereocenters. The first-order chi connectivity index (χ1) is 7.13. The molecular weight excluding hydrogens is 225 g/mol. The van der Waals surface area contributed by atoms with Crippen LogP contribution in [0.1, 0.15) is 23.7 Å². The van der Waals surface area contributed by atoms with Crippen molar-refractivity contribution in [2.45, 2.75) is 13.3 Å². The normalized spacial score (nSPS) is 9.12. The van der Waals surface area contributed by atoms with Gasteiger partial charge in [0.15, 0.2) is 5.78 Å². The number of hydrogen-bond donors (Lipinski definition) is 0. The Morgan fingerprint density at radius 1 is 1.50 bits per heavy atom. The van der Waals surface area contributed by atoms with Crippen LogP contribution in [0.25, 0.3) is 0 Å². The van der Waals surface area contributed by atoms with E-state index in [0.717, 1.165) is 0 Å². The molecule has 82 valence electrons. The predicted octanol–water partition coefficient (Wildman–Crippen LogP) is 1.22. The maximum atomic E-state index is 11.5. The number of aromatic nitrogens is 1. The third-order valence-corrected chi connectivity index (χ3v) is 1.87. The van der Waals surface area contributed by atoms with Gasteiger partial charge in [-0.25, -0.2) is 4.98 Å². The first kappa shape index (κ1) is 15.2. The summed E-state index contributed by atoms with van der Waals surface area (Å²) in [4.78, 5) is 26.2. The summed E-state index contributed by atoms with van der Waals surface area (Å²) in [6, 6.07) is 2.93. The van der Waals surface area contributed by atoms with E-state index in [0.29, 0.717) is 5.56 Å². The van der Waals surface area contributed by atoms with Gasteiger partial charge in [0.1, 0.15) is 11.6 Å². The summed E-state index contributed by atoms with van der Waals surface area (Å²) >= 11 is 5.61. The monoisotopic (exact) mass is 235 g/mol. The van der Waals surface area contributed by atoms with Crippen molar-refractivity contribution in [1.82, 2.24) is 4.98 Å². The molecule has 0 amide bonds. The van der Waals surface area contributed by atoms with E-state index < -0.39 is 5.97 Å². The van der Waals surface area contributed by atoms with Crippen LogP contribution in [0.15, 0.2) is 18.3 Å². The van der Waals surface area contributed by atoms with Crippen molar-refractivity contribution >= 4 is 42.2 Å². The van der Waals surface area contributed by atoms with Gasteiger partial charge in [-0.2, -0.15) is 0 Å². The molecule has 0 aliphatic carbocycles. The molecule has 1 rings (SSSR count). The number of pyridine rings is 1. The summed E-state index contributed by atoms with van der Waals surface area (Å²) in [5, 5.41) is 0.227. The Balaban J connectivity index is 0.00000225. The fourth-order valence-corrected chi connectivity index (χ4v) is 1.19. The zero-order chi connectivity index (χ0) is 11.3. The Morgan fingerprint density at radius 2 is 2.19 bits per heavy atom. The molecule has 16 heavy (non-hydrogen) atoms. The fraction of sp³-hybridized carbons (Fsp3) is 0.300. The molecule has 0 aliphatic rings. The van der Waals surface area contributed by atoms with Crippen molar-refractivity contribution in [2.75, 3.05) is 6.61 Å². The van der Waals surface area contributed by atoms with Crippen molar-refractivity contribution in [3.8, 4) is 0 Å². The van der Waals surface area contributed by atoms with Crippen LogP contribution in [-0.2, 0) is 9.53 Å². The molecule has 1 heterocycles. The van der Waals surface area contributed by atoms with E-state index in [9.17, 15) is 9.59 Å². The zero-order valence-corrected chi connectivity index (χ0v) is 8.95. The van der Waals surface area contributed by atoms with Gasteiger partial charge in [-0.1, -0.05) is 11.6 Å². The third-order valence-electron chi connectivity index (χ3n) is 1.66. The number of nitrogens with zero attached hydrogens (tertiary/aromatic N) is 1. The van der Waals surface area contributed by atoms with E-state index >= 15 is 0 Å². The summed E-state index contributed by atoms with van der Waals surface area (Å²) < 4.78 is 4.66. The van der Waals surface area contributed by atoms with Crippen LogP contribution in [0.4, 0.5) is 0 Å². The predicted molar refractivity (Wildman–Crippen MR) is 62.0 cm³/mol. The number of ether oxygens (including phenoxy) is 1. The molecule has 0 N–H and O–H groups in total. The number of hydrogen-bond acceptors (Lipinski definition) is 4. The second kappa shape index (κ2) is 7.45. The first-order valence-electron chi connectivity index (χ1n) is 4.44. The third kappa shape index (κ3) is 4.80. The van der Waals surface area contributed by atoms with Crippen molar-refractivity contribution in [3.63, 3.8) is 0 Å². The van der Waals surface area contributed by atoms with Crippen LogP contribution in [0.2, 0.25) is 5.15 Å². The maximum absolute atomic E-state index is 11.5. The van der Waals surface area contributed by atoms with Crippen LogP contribution in [-0.4, -0.2) is 42.2 Å². The SMILES string of the molecule is CCOC(=O)CC(=O)c1ccnc(Cl)c1.[LiH]. The van der Waals surface area contributed by atoms with Gasteiger partial charge in [0.25, 0.3) is 0 Å². The van der Waals surface area contributed by atoms with Gasteiger partial charge < -0.3 is 4.74 Å². The quantitative estimate of drug-likeness (QED) is 0.259. The number of esters is 1. The molecule has 0 bridgehead atoms. The Kier molecular flexibility index (Phi) is 7.07. The van der Waals surface area contributed by atoms with E-state index in [2.05, 4.69) is 9.72 Å². The molecular formula is C10H11ClLiNO3. The molecule has 1 aromatic rings. The summed E-state index contributed by atoms with van der Waals surface area (Å²) in [7, 11) is 0. The molecule has 0 spiro atoms. The number of rotatable bonds is 4. The molecule has 0 fully saturated rings. The molecule has 0 radical (unpaired) electrons. The van der Waals surface area contributed by atoms with E-state index in [1.807, 2.05) is 0 Å². The minimum atomic E-state index is -0.532. The summed E-state index contributed by atoms with van der Waals surface area (Å²) in [6.07, 6.45) is 1.15. The Hall–Kier alpha value is -0.823. The van der Waals surface area contributed by atoms with Gasteiger partial charge in [0, 0.05) is 11.8 Å². The van der Waals surface area contributed by atoms with Crippen molar-refractivity contribution < 1.29 is 14.3 Å². The van der Waals surface area contributed by atoms with Gasteiger partial charge in [-0.15, -0.1) is 0 Å². The number of Topliss-reactive ketones (excluding diaryl/α,β-unsaturated/α-hetero) is 1. The zero-order valence-electron chi connectivity index (χ0n) is 8.20. The molecule has 0 aliphatic heterocycles. The standard InChI is InChI=1S/C10H10ClNO3.Li.H/c1-2-15-10(14)6-8(13)7-3-4-12-9(11)5-7;;/h3-5H,2,6H2,1H3;;. The van der Waals surface area contributed by atoms with E-state index in [4.69, 9.17) is 11.6 Å². The van der Waals surface area contributed by atoms with Crippen LogP contribution in [0.5, 0.6) is 0 Å². The molecule has 1 aromatic heterocycles. The van der Waals surface area contributed by atoms with Gasteiger partial charge in [-0.3, -0.25) is 9.59 Å². The van der Waals surface area contributed by atoms with E-state index in [-0.39, 0.29) is 42.8 Å². The number of ketones is 1. The van der Waals surface area contributed by atoms with Crippen molar-refractivity contribution in [1.29, 1.82) is 0 Å². The first-order valence-corrected chi connectivity index (χ1v) is 4.81. The number of halogens is 1. The average molecular weight is 236 g/mol. The Bertz CT molecular complexity index is 384. The average Bonchev–Trinajstić information content (AvgIpc) is 2.18. The number of carbonyl (C=O) groups excluding carboxylic acids is 2. The van der Waals surface area contributed by atoms with Crippen LogP contribution in [0, 0.1) is 0 Å². The molecule has 0 saturated carbocycles. The van der Waals surface area contributed by atoms with E-state index in [1.165, 1.54) is 18.3 Å². The van der Waals surface area contributed by atoms with Gasteiger partial charge >= 0.3 is 24.8 Å². The van der Waals surface area contributed by atoms with Crippen LogP contribution >= 0.6 is 11.6 Å².